The first-order valence-electron chi connectivity index (χ1n) is 8.33. The first-order valence-corrected chi connectivity index (χ1v) is 8.33. The van der Waals surface area contributed by atoms with Gasteiger partial charge in [-0.05, 0) is 44.0 Å². The van der Waals surface area contributed by atoms with Crippen molar-refractivity contribution < 1.29 is 19.4 Å². The van der Waals surface area contributed by atoms with Gasteiger partial charge in [-0.1, -0.05) is 35.9 Å². The molecule has 132 valence electrons. The first-order chi connectivity index (χ1) is 11.9. The van der Waals surface area contributed by atoms with Crippen LogP contribution < -0.4 is 4.74 Å². The van der Waals surface area contributed by atoms with Crippen molar-refractivity contribution in [2.45, 2.75) is 32.8 Å². The molecule has 4 nitrogen and oxygen atoms in total. The van der Waals surface area contributed by atoms with Crippen LogP contribution in [0.5, 0.6) is 5.75 Å². The van der Waals surface area contributed by atoms with Gasteiger partial charge in [0.2, 0.25) is 0 Å². The number of rotatable bonds is 6. The Hall–Kier alpha value is -2.46. The zero-order valence-corrected chi connectivity index (χ0v) is 14.9. The van der Waals surface area contributed by atoms with Gasteiger partial charge in [0.25, 0.3) is 0 Å². The lowest BCUT2D eigenvalue weighted by Gasteiger charge is -2.26. The summed E-state index contributed by atoms with van der Waals surface area (Å²) in [5.74, 6) is -0.0959. The van der Waals surface area contributed by atoms with E-state index in [1.54, 1.807) is 19.3 Å². The number of allylic oxidation sites excluding steroid dienone is 4. The molecule has 0 saturated heterocycles. The van der Waals surface area contributed by atoms with Crippen molar-refractivity contribution in [3.8, 4) is 5.75 Å². The second kappa shape index (κ2) is 8.58. The predicted octanol–water partition coefficient (Wildman–Crippen LogP) is 3.51. The molecule has 2 atom stereocenters. The van der Waals surface area contributed by atoms with E-state index in [0.717, 1.165) is 16.9 Å². The van der Waals surface area contributed by atoms with Gasteiger partial charge in [0.15, 0.2) is 5.78 Å². The van der Waals surface area contributed by atoms with Crippen LogP contribution >= 0.6 is 0 Å². The number of carbonyl (C=O) groups excluding carboxylic acids is 2. The number of carbonyl (C=O) groups is 2. The molecule has 1 aliphatic carbocycles. The van der Waals surface area contributed by atoms with E-state index in [0.29, 0.717) is 12.0 Å². The monoisotopic (exact) mass is 340 g/mol. The van der Waals surface area contributed by atoms with E-state index in [9.17, 15) is 14.7 Å². The van der Waals surface area contributed by atoms with Crippen molar-refractivity contribution in [3.63, 3.8) is 0 Å². The number of Topliss-reactive ketones (excluding diaryl/α,β-unsaturated/α-hetero) is 1. The highest BCUT2D eigenvalue weighted by Gasteiger charge is 2.33. The average molecular weight is 340 g/mol. The van der Waals surface area contributed by atoms with Crippen LogP contribution in [0, 0.1) is 5.92 Å². The molecular weight excluding hydrogens is 316 g/mol. The lowest BCUT2D eigenvalue weighted by Crippen LogP contribution is -2.35. The highest BCUT2D eigenvalue weighted by molar-refractivity contribution is 6.08. The fourth-order valence-electron chi connectivity index (χ4n) is 2.73. The third-order valence-electron chi connectivity index (χ3n) is 4.24. The predicted molar refractivity (Wildman–Crippen MR) is 98.3 cm³/mol. The minimum atomic E-state index is -1.05. The Morgan fingerprint density at radius 2 is 1.96 bits per heavy atom. The van der Waals surface area contributed by atoms with E-state index >= 15 is 0 Å². The SMILES string of the molecule is COc1ccc(C=CC(=O)C2=CCC(=O)C(CC=C(C)C)C2O)cc1. The summed E-state index contributed by atoms with van der Waals surface area (Å²) in [4.78, 5) is 24.5. The van der Waals surface area contributed by atoms with Crippen molar-refractivity contribution in [2.75, 3.05) is 7.11 Å². The number of benzene rings is 1. The van der Waals surface area contributed by atoms with Gasteiger partial charge in [0.05, 0.1) is 19.1 Å². The van der Waals surface area contributed by atoms with E-state index < -0.39 is 12.0 Å². The third-order valence-corrected chi connectivity index (χ3v) is 4.24. The number of ether oxygens (including phenoxy) is 1. The molecule has 0 heterocycles. The van der Waals surface area contributed by atoms with Gasteiger partial charge < -0.3 is 9.84 Å². The van der Waals surface area contributed by atoms with Gasteiger partial charge in [-0.2, -0.15) is 0 Å². The Morgan fingerprint density at radius 3 is 2.56 bits per heavy atom. The smallest absolute Gasteiger partial charge is 0.184 e. The molecular formula is C21H24O4. The molecule has 1 aromatic rings. The van der Waals surface area contributed by atoms with Crippen molar-refractivity contribution in [1.82, 2.24) is 0 Å². The minimum absolute atomic E-state index is 0.0271. The normalized spacial score (nSPS) is 20.3. The van der Waals surface area contributed by atoms with Crippen LogP contribution in [-0.2, 0) is 9.59 Å². The largest absolute Gasteiger partial charge is 0.497 e. The van der Waals surface area contributed by atoms with Gasteiger partial charge in [-0.15, -0.1) is 0 Å². The van der Waals surface area contributed by atoms with E-state index in [1.165, 1.54) is 6.08 Å². The lowest BCUT2D eigenvalue weighted by atomic mass is 9.81. The molecule has 0 radical (unpaired) electrons. The summed E-state index contributed by atoms with van der Waals surface area (Å²) < 4.78 is 5.10. The minimum Gasteiger partial charge on any atom is -0.497 e. The van der Waals surface area contributed by atoms with E-state index in [1.807, 2.05) is 44.2 Å². The fourth-order valence-corrected chi connectivity index (χ4v) is 2.73. The summed E-state index contributed by atoms with van der Waals surface area (Å²) in [7, 11) is 1.60. The molecule has 0 bridgehead atoms. The van der Waals surface area contributed by atoms with E-state index in [4.69, 9.17) is 4.74 Å². The molecule has 0 aliphatic heterocycles. The summed E-state index contributed by atoms with van der Waals surface area (Å²) in [6.45, 7) is 3.89. The summed E-state index contributed by atoms with van der Waals surface area (Å²) in [5.41, 5.74) is 2.25. The van der Waals surface area contributed by atoms with Crippen LogP contribution in [-0.4, -0.2) is 29.9 Å². The zero-order valence-electron chi connectivity index (χ0n) is 14.9. The number of aliphatic hydroxyl groups excluding tert-OH is 1. The number of hydrogen-bond acceptors (Lipinski definition) is 4. The highest BCUT2D eigenvalue weighted by atomic mass is 16.5. The Bertz CT molecular complexity index is 719. The molecule has 1 aliphatic rings. The number of hydrogen-bond donors (Lipinski definition) is 1. The zero-order chi connectivity index (χ0) is 18.4. The van der Waals surface area contributed by atoms with Crippen molar-refractivity contribution >= 4 is 17.6 Å². The first kappa shape index (κ1) is 18.9. The summed E-state index contributed by atoms with van der Waals surface area (Å²) in [5, 5.41) is 10.5. The van der Waals surface area contributed by atoms with Gasteiger partial charge in [0, 0.05) is 12.0 Å². The van der Waals surface area contributed by atoms with Crippen molar-refractivity contribution in [3.05, 3.63) is 59.2 Å². The number of aliphatic hydroxyl groups is 1. The van der Waals surface area contributed by atoms with Gasteiger partial charge >= 0.3 is 0 Å². The Balaban J connectivity index is 2.10. The second-order valence-electron chi connectivity index (χ2n) is 6.37. The average Bonchev–Trinajstić information content (AvgIpc) is 2.59. The highest BCUT2D eigenvalue weighted by Crippen LogP contribution is 2.26. The van der Waals surface area contributed by atoms with Crippen molar-refractivity contribution in [2.24, 2.45) is 5.92 Å². The van der Waals surface area contributed by atoms with E-state index in [-0.39, 0.29) is 18.0 Å². The topological polar surface area (TPSA) is 63.6 Å². The quantitative estimate of drug-likeness (QED) is 0.636. The molecule has 0 amide bonds. The molecule has 4 heteroatoms. The second-order valence-corrected chi connectivity index (χ2v) is 6.37. The van der Waals surface area contributed by atoms with E-state index in [2.05, 4.69) is 0 Å². The lowest BCUT2D eigenvalue weighted by molar-refractivity contribution is -0.126. The third kappa shape index (κ3) is 5.00. The van der Waals surface area contributed by atoms with Gasteiger partial charge in [-0.3, -0.25) is 9.59 Å². The van der Waals surface area contributed by atoms with Crippen LogP contribution in [0.4, 0.5) is 0 Å². The molecule has 1 aromatic carbocycles. The Kier molecular flexibility index (Phi) is 6.48. The molecule has 1 N–H and O–H groups in total. The molecule has 0 aromatic heterocycles. The molecule has 25 heavy (non-hydrogen) atoms. The van der Waals surface area contributed by atoms with Crippen LogP contribution in [0.1, 0.15) is 32.3 Å². The molecule has 0 saturated carbocycles. The maximum absolute atomic E-state index is 12.4. The number of methoxy groups -OCH3 is 1. The van der Waals surface area contributed by atoms with Crippen LogP contribution in [0.15, 0.2) is 53.6 Å². The standard InChI is InChI=1S/C21H24O4/c1-14(2)4-10-17-20(23)13-11-18(21(17)24)19(22)12-7-15-5-8-16(25-3)9-6-15/h4-9,11-12,17,21,24H,10,13H2,1-3H3. The maximum atomic E-state index is 12.4. The summed E-state index contributed by atoms with van der Waals surface area (Å²) in [6.07, 6.45) is 6.19. The van der Waals surface area contributed by atoms with Gasteiger partial charge in [-0.25, -0.2) is 0 Å². The van der Waals surface area contributed by atoms with Gasteiger partial charge in [0.1, 0.15) is 11.5 Å². The molecule has 2 unspecified atom stereocenters. The van der Waals surface area contributed by atoms with Crippen LogP contribution in [0.25, 0.3) is 6.08 Å². The molecule has 0 spiro atoms. The molecule has 2 rings (SSSR count). The number of ketones is 2. The molecule has 0 fully saturated rings. The maximum Gasteiger partial charge on any atom is 0.184 e. The summed E-state index contributed by atoms with van der Waals surface area (Å²) in [6, 6.07) is 7.31. The summed E-state index contributed by atoms with van der Waals surface area (Å²) >= 11 is 0. The van der Waals surface area contributed by atoms with Crippen LogP contribution in [0.3, 0.4) is 0 Å². The Morgan fingerprint density at radius 1 is 1.28 bits per heavy atom. The van der Waals surface area contributed by atoms with Crippen molar-refractivity contribution in [1.29, 1.82) is 0 Å². The fraction of sp³-hybridized carbons (Fsp3) is 0.333. The van der Waals surface area contributed by atoms with Crippen LogP contribution in [0.2, 0.25) is 0 Å². The Labute approximate surface area is 148 Å².